The summed E-state index contributed by atoms with van der Waals surface area (Å²) in [5, 5.41) is 0. The molecule has 20 heavy (non-hydrogen) atoms. The predicted octanol–water partition coefficient (Wildman–Crippen LogP) is 2.41. The van der Waals surface area contributed by atoms with Gasteiger partial charge in [-0.3, -0.25) is 0 Å². The van der Waals surface area contributed by atoms with Crippen LogP contribution in [0.5, 0.6) is 0 Å². The molecule has 0 saturated carbocycles. The first-order valence-corrected chi connectivity index (χ1v) is 6.52. The molecule has 112 valence electrons. The van der Waals surface area contributed by atoms with E-state index in [-0.39, 0.29) is 17.7 Å². The van der Waals surface area contributed by atoms with E-state index in [1.807, 2.05) is 11.8 Å². The molecule has 0 bridgehead atoms. The van der Waals surface area contributed by atoms with Crippen LogP contribution in [-0.4, -0.2) is 22.6 Å². The highest BCUT2D eigenvalue weighted by molar-refractivity contribution is 5.50. The average molecular weight is 289 g/mol. The minimum absolute atomic E-state index is 0.0345. The summed E-state index contributed by atoms with van der Waals surface area (Å²) in [6, 6.07) is 1.58. The Labute approximate surface area is 115 Å². The van der Waals surface area contributed by atoms with Crippen LogP contribution in [0.4, 0.5) is 24.8 Å². The van der Waals surface area contributed by atoms with E-state index in [4.69, 9.17) is 5.84 Å². The number of hydrogen-bond acceptors (Lipinski definition) is 5. The molecule has 1 aromatic rings. The van der Waals surface area contributed by atoms with Gasteiger partial charge in [0.15, 0.2) is 0 Å². The minimum atomic E-state index is -4.59. The van der Waals surface area contributed by atoms with Crippen LogP contribution in [0, 0.1) is 5.92 Å². The van der Waals surface area contributed by atoms with Gasteiger partial charge in [0, 0.05) is 18.7 Å². The summed E-state index contributed by atoms with van der Waals surface area (Å²) in [6.07, 6.45) is -2.59. The molecule has 2 unspecified atom stereocenters. The third-order valence-corrected chi connectivity index (χ3v) is 3.78. The highest BCUT2D eigenvalue weighted by Gasteiger charge is 2.36. The first kappa shape index (κ1) is 14.8. The van der Waals surface area contributed by atoms with Crippen molar-refractivity contribution >= 4 is 11.6 Å². The van der Waals surface area contributed by atoms with Crippen LogP contribution >= 0.6 is 0 Å². The van der Waals surface area contributed by atoms with Gasteiger partial charge in [0.2, 0.25) is 5.82 Å². The Kier molecular flexibility index (Phi) is 4.03. The number of alkyl halides is 3. The van der Waals surface area contributed by atoms with Gasteiger partial charge in [0.25, 0.3) is 0 Å². The Balaban J connectivity index is 2.40. The van der Waals surface area contributed by atoms with Crippen molar-refractivity contribution in [1.82, 2.24) is 9.97 Å². The van der Waals surface area contributed by atoms with Crippen molar-refractivity contribution < 1.29 is 13.2 Å². The molecule has 2 heterocycles. The molecule has 0 aromatic carbocycles. The first-order chi connectivity index (χ1) is 9.32. The largest absolute Gasteiger partial charge is 0.451 e. The minimum Gasteiger partial charge on any atom is -0.353 e. The van der Waals surface area contributed by atoms with Crippen LogP contribution in [-0.2, 0) is 6.18 Å². The summed E-state index contributed by atoms with van der Waals surface area (Å²) >= 11 is 0. The molecular formula is C12H18F3N5. The Hall–Kier alpha value is -1.57. The van der Waals surface area contributed by atoms with Gasteiger partial charge in [0.05, 0.1) is 0 Å². The normalized spacial score (nSPS) is 23.8. The van der Waals surface area contributed by atoms with Crippen molar-refractivity contribution in [3.8, 4) is 0 Å². The van der Waals surface area contributed by atoms with E-state index in [1.54, 1.807) is 0 Å². The molecule has 8 heteroatoms. The molecule has 1 aliphatic rings. The van der Waals surface area contributed by atoms with E-state index in [1.165, 1.54) is 6.07 Å². The number of halogens is 3. The molecule has 5 nitrogen and oxygen atoms in total. The molecule has 0 radical (unpaired) electrons. The molecule has 1 saturated heterocycles. The SMILES string of the molecule is CC1CCCN(c2cc(NN)nc(C(F)(F)F)n2)C1C. The Bertz CT molecular complexity index is 477. The van der Waals surface area contributed by atoms with Crippen molar-refractivity contribution in [3.63, 3.8) is 0 Å². The van der Waals surface area contributed by atoms with E-state index in [0.29, 0.717) is 12.5 Å². The van der Waals surface area contributed by atoms with Gasteiger partial charge >= 0.3 is 6.18 Å². The van der Waals surface area contributed by atoms with Crippen LogP contribution in [0.1, 0.15) is 32.5 Å². The van der Waals surface area contributed by atoms with Crippen LogP contribution in [0.2, 0.25) is 0 Å². The number of nitrogens with two attached hydrogens (primary N) is 1. The number of nitrogens with zero attached hydrogens (tertiary/aromatic N) is 3. The molecule has 0 amide bonds. The van der Waals surface area contributed by atoms with Gasteiger partial charge in [-0.2, -0.15) is 13.2 Å². The van der Waals surface area contributed by atoms with E-state index < -0.39 is 12.0 Å². The number of aromatic nitrogens is 2. The van der Waals surface area contributed by atoms with Gasteiger partial charge in [-0.25, -0.2) is 15.8 Å². The fourth-order valence-corrected chi connectivity index (χ4v) is 2.44. The fraction of sp³-hybridized carbons (Fsp3) is 0.667. The highest BCUT2D eigenvalue weighted by Crippen LogP contribution is 2.32. The number of nitrogens with one attached hydrogen (secondary N) is 1. The third kappa shape index (κ3) is 2.95. The number of hydrazine groups is 1. The quantitative estimate of drug-likeness (QED) is 0.646. The second-order valence-electron chi connectivity index (χ2n) is 5.13. The number of piperidine rings is 1. The summed E-state index contributed by atoms with van der Waals surface area (Å²) in [6.45, 7) is 4.77. The summed E-state index contributed by atoms with van der Waals surface area (Å²) in [5.74, 6) is 4.66. The molecule has 2 atom stereocenters. The number of hydrogen-bond donors (Lipinski definition) is 2. The zero-order valence-corrected chi connectivity index (χ0v) is 11.4. The van der Waals surface area contributed by atoms with Crippen LogP contribution in [0.25, 0.3) is 0 Å². The van der Waals surface area contributed by atoms with E-state index in [0.717, 1.165) is 12.8 Å². The summed E-state index contributed by atoms with van der Waals surface area (Å²) in [5.41, 5.74) is 2.17. The van der Waals surface area contributed by atoms with Crippen LogP contribution in [0.15, 0.2) is 6.07 Å². The van der Waals surface area contributed by atoms with Crippen molar-refractivity contribution in [2.24, 2.45) is 11.8 Å². The summed E-state index contributed by atoms with van der Waals surface area (Å²) in [7, 11) is 0. The number of rotatable bonds is 2. The standard InChI is InChI=1S/C12H18F3N5/c1-7-4-3-5-20(8(7)2)10-6-9(19-16)17-11(18-10)12(13,14)15/h6-8H,3-5,16H2,1-2H3,(H,17,18,19). The van der Waals surface area contributed by atoms with Gasteiger partial charge in [0.1, 0.15) is 11.6 Å². The molecule has 0 spiro atoms. The lowest BCUT2D eigenvalue weighted by molar-refractivity contribution is -0.144. The predicted molar refractivity (Wildman–Crippen MR) is 70.1 cm³/mol. The second kappa shape index (κ2) is 5.43. The Morgan fingerprint density at radius 2 is 2.05 bits per heavy atom. The van der Waals surface area contributed by atoms with Crippen molar-refractivity contribution in [2.45, 2.75) is 38.9 Å². The zero-order chi connectivity index (χ0) is 14.9. The van der Waals surface area contributed by atoms with E-state index in [9.17, 15) is 13.2 Å². The Morgan fingerprint density at radius 3 is 2.65 bits per heavy atom. The van der Waals surface area contributed by atoms with Crippen LogP contribution in [0.3, 0.4) is 0 Å². The summed E-state index contributed by atoms with van der Waals surface area (Å²) < 4.78 is 38.4. The summed E-state index contributed by atoms with van der Waals surface area (Å²) in [4.78, 5) is 8.90. The molecule has 1 aromatic heterocycles. The molecule has 3 N–H and O–H groups in total. The second-order valence-corrected chi connectivity index (χ2v) is 5.13. The average Bonchev–Trinajstić information content (AvgIpc) is 2.40. The maximum Gasteiger partial charge on any atom is 0.451 e. The van der Waals surface area contributed by atoms with E-state index in [2.05, 4.69) is 22.3 Å². The van der Waals surface area contributed by atoms with Gasteiger partial charge < -0.3 is 10.3 Å². The van der Waals surface area contributed by atoms with Crippen molar-refractivity contribution in [3.05, 3.63) is 11.9 Å². The topological polar surface area (TPSA) is 67.1 Å². The zero-order valence-electron chi connectivity index (χ0n) is 11.4. The van der Waals surface area contributed by atoms with Crippen LogP contribution < -0.4 is 16.2 Å². The maximum absolute atomic E-state index is 12.8. The monoisotopic (exact) mass is 289 g/mol. The smallest absolute Gasteiger partial charge is 0.353 e. The third-order valence-electron chi connectivity index (χ3n) is 3.78. The molecule has 1 aliphatic heterocycles. The molecule has 1 fully saturated rings. The lowest BCUT2D eigenvalue weighted by Gasteiger charge is -2.39. The maximum atomic E-state index is 12.8. The Morgan fingerprint density at radius 1 is 1.35 bits per heavy atom. The fourth-order valence-electron chi connectivity index (χ4n) is 2.44. The lowest BCUT2D eigenvalue weighted by Crippen LogP contribution is -2.43. The van der Waals surface area contributed by atoms with Gasteiger partial charge in [-0.15, -0.1) is 0 Å². The first-order valence-electron chi connectivity index (χ1n) is 6.52. The van der Waals surface area contributed by atoms with Gasteiger partial charge in [-0.05, 0) is 25.7 Å². The van der Waals surface area contributed by atoms with Crippen molar-refractivity contribution in [1.29, 1.82) is 0 Å². The number of anilines is 2. The lowest BCUT2D eigenvalue weighted by atomic mass is 9.92. The number of nitrogen functional groups attached to an aromatic ring is 1. The van der Waals surface area contributed by atoms with E-state index >= 15 is 0 Å². The van der Waals surface area contributed by atoms with Crippen molar-refractivity contribution in [2.75, 3.05) is 16.9 Å². The molecule has 0 aliphatic carbocycles. The highest BCUT2D eigenvalue weighted by atomic mass is 19.4. The molecule has 2 rings (SSSR count). The van der Waals surface area contributed by atoms with Gasteiger partial charge in [-0.1, -0.05) is 6.92 Å². The molecular weight excluding hydrogens is 271 g/mol.